The van der Waals surface area contributed by atoms with Crippen molar-refractivity contribution in [3.8, 4) is 0 Å². The van der Waals surface area contributed by atoms with Gasteiger partial charge in [0, 0.05) is 19.1 Å². The van der Waals surface area contributed by atoms with E-state index >= 15 is 0 Å². The van der Waals surface area contributed by atoms with E-state index in [-0.39, 0.29) is 12.1 Å². The average molecular weight is 186 g/mol. The topological polar surface area (TPSA) is 66.6 Å². The Morgan fingerprint density at radius 3 is 2.85 bits per heavy atom. The highest BCUT2D eigenvalue weighted by Crippen LogP contribution is 2.14. The Morgan fingerprint density at radius 2 is 2.46 bits per heavy atom. The fraction of sp³-hybridized carbons (Fsp3) is 0.889. The lowest BCUT2D eigenvalue weighted by Gasteiger charge is -2.23. The first-order valence-corrected chi connectivity index (χ1v) is 4.87. The second kappa shape index (κ2) is 4.58. The normalized spacial score (nSPS) is 26.2. The third-order valence-electron chi connectivity index (χ3n) is 2.54. The van der Waals surface area contributed by atoms with Crippen molar-refractivity contribution in [2.75, 3.05) is 13.1 Å². The first kappa shape index (κ1) is 10.5. The van der Waals surface area contributed by atoms with Crippen LogP contribution in [0.2, 0.25) is 0 Å². The fourth-order valence-corrected chi connectivity index (χ4v) is 1.83. The van der Waals surface area contributed by atoms with Crippen LogP contribution < -0.4 is 5.73 Å². The van der Waals surface area contributed by atoms with E-state index in [0.717, 1.165) is 32.4 Å². The van der Waals surface area contributed by atoms with E-state index in [4.69, 9.17) is 10.8 Å². The van der Waals surface area contributed by atoms with Crippen molar-refractivity contribution >= 4 is 5.97 Å². The quantitative estimate of drug-likeness (QED) is 0.661. The molecule has 4 nitrogen and oxygen atoms in total. The van der Waals surface area contributed by atoms with Crippen LogP contribution in [0.5, 0.6) is 0 Å². The number of nitrogens with two attached hydrogens (primary N) is 1. The van der Waals surface area contributed by atoms with E-state index in [1.807, 2.05) is 11.8 Å². The largest absolute Gasteiger partial charge is 0.480 e. The van der Waals surface area contributed by atoms with Gasteiger partial charge in [-0.2, -0.15) is 0 Å². The molecule has 0 radical (unpaired) electrons. The van der Waals surface area contributed by atoms with Gasteiger partial charge in [-0.15, -0.1) is 0 Å². The lowest BCUT2D eigenvalue weighted by atomic mass is 10.1. The maximum atomic E-state index is 10.9. The van der Waals surface area contributed by atoms with Gasteiger partial charge in [-0.05, 0) is 12.8 Å². The summed E-state index contributed by atoms with van der Waals surface area (Å²) in [5.74, 6) is -0.712. The minimum absolute atomic E-state index is 0.165. The molecule has 0 aliphatic carbocycles. The summed E-state index contributed by atoms with van der Waals surface area (Å²) in [7, 11) is 0. The highest BCUT2D eigenvalue weighted by atomic mass is 16.4. The van der Waals surface area contributed by atoms with E-state index in [1.54, 1.807) is 0 Å². The molecular weight excluding hydrogens is 168 g/mol. The van der Waals surface area contributed by atoms with E-state index in [0.29, 0.717) is 0 Å². The number of carbonyl (C=O) groups is 1. The zero-order valence-electron chi connectivity index (χ0n) is 8.07. The molecule has 0 spiro atoms. The molecule has 1 aliphatic heterocycles. The van der Waals surface area contributed by atoms with Crippen molar-refractivity contribution in [2.24, 2.45) is 5.73 Å². The molecule has 3 N–H and O–H groups in total. The summed E-state index contributed by atoms with van der Waals surface area (Å²) in [6.07, 6.45) is 2.55. The first-order chi connectivity index (χ1) is 6.15. The number of likely N-dealkylation sites (tertiary alicyclic amines) is 1. The van der Waals surface area contributed by atoms with Crippen molar-refractivity contribution in [3.63, 3.8) is 0 Å². The Kier molecular flexibility index (Phi) is 3.69. The lowest BCUT2D eigenvalue weighted by molar-refractivity contribution is -0.143. The van der Waals surface area contributed by atoms with Crippen LogP contribution in [0, 0.1) is 0 Å². The molecule has 0 saturated carbocycles. The molecule has 1 saturated heterocycles. The molecule has 1 rings (SSSR count). The number of aliphatic carboxylic acids is 1. The minimum atomic E-state index is -0.712. The smallest absolute Gasteiger partial charge is 0.320 e. The molecule has 1 unspecified atom stereocenters. The van der Waals surface area contributed by atoms with Gasteiger partial charge in [-0.3, -0.25) is 9.69 Å². The van der Waals surface area contributed by atoms with Crippen LogP contribution in [-0.2, 0) is 4.79 Å². The van der Waals surface area contributed by atoms with Crippen LogP contribution in [-0.4, -0.2) is 41.1 Å². The van der Waals surface area contributed by atoms with Gasteiger partial charge >= 0.3 is 5.97 Å². The van der Waals surface area contributed by atoms with Gasteiger partial charge in [0.1, 0.15) is 6.04 Å². The Bertz CT molecular complexity index is 184. The van der Waals surface area contributed by atoms with Crippen molar-refractivity contribution in [1.82, 2.24) is 4.90 Å². The molecule has 1 aliphatic rings. The molecule has 13 heavy (non-hydrogen) atoms. The number of rotatable bonds is 4. The Morgan fingerprint density at radius 1 is 1.77 bits per heavy atom. The Hall–Kier alpha value is -0.610. The third-order valence-corrected chi connectivity index (χ3v) is 2.54. The molecule has 0 aromatic carbocycles. The van der Waals surface area contributed by atoms with E-state index in [2.05, 4.69) is 0 Å². The monoisotopic (exact) mass is 186 g/mol. The van der Waals surface area contributed by atoms with Gasteiger partial charge in [0.05, 0.1) is 0 Å². The van der Waals surface area contributed by atoms with Crippen LogP contribution in [0.25, 0.3) is 0 Å². The van der Waals surface area contributed by atoms with Gasteiger partial charge in [0.25, 0.3) is 0 Å². The number of nitrogens with zero attached hydrogens (tertiary/aromatic N) is 1. The maximum Gasteiger partial charge on any atom is 0.320 e. The van der Waals surface area contributed by atoms with Crippen LogP contribution in [0.4, 0.5) is 0 Å². The number of carboxylic acids is 1. The highest BCUT2D eigenvalue weighted by Gasteiger charge is 2.29. The second-order valence-corrected chi connectivity index (χ2v) is 3.69. The third kappa shape index (κ3) is 2.67. The second-order valence-electron chi connectivity index (χ2n) is 3.69. The predicted octanol–water partition coefficient (Wildman–Crippen LogP) is 0.273. The summed E-state index contributed by atoms with van der Waals surface area (Å²) in [5, 5.41) is 8.97. The number of hydrogen-bond acceptors (Lipinski definition) is 3. The Balaban J connectivity index is 2.49. The van der Waals surface area contributed by atoms with Gasteiger partial charge in [-0.1, -0.05) is 13.3 Å². The zero-order chi connectivity index (χ0) is 9.84. The van der Waals surface area contributed by atoms with E-state index in [9.17, 15) is 4.79 Å². The lowest BCUT2D eigenvalue weighted by Crippen LogP contribution is -2.40. The van der Waals surface area contributed by atoms with Crippen LogP contribution in [0.3, 0.4) is 0 Å². The molecule has 0 aromatic rings. The van der Waals surface area contributed by atoms with Gasteiger partial charge < -0.3 is 10.8 Å². The molecule has 0 amide bonds. The first-order valence-electron chi connectivity index (χ1n) is 4.87. The van der Waals surface area contributed by atoms with Gasteiger partial charge in [-0.25, -0.2) is 0 Å². The molecule has 4 heteroatoms. The summed E-state index contributed by atoms with van der Waals surface area (Å²) >= 11 is 0. The standard InChI is InChI=1S/C9H18N2O2/c1-2-3-8(9(12)13)11-5-4-7(10)6-11/h7-8H,2-6,10H2,1H3,(H,12,13)/t7-,8?/m0/s1. The van der Waals surface area contributed by atoms with Crippen LogP contribution in [0.1, 0.15) is 26.2 Å². The van der Waals surface area contributed by atoms with Crippen LogP contribution >= 0.6 is 0 Å². The fourth-order valence-electron chi connectivity index (χ4n) is 1.83. The minimum Gasteiger partial charge on any atom is -0.480 e. The summed E-state index contributed by atoms with van der Waals surface area (Å²) in [5.41, 5.74) is 5.72. The number of hydrogen-bond donors (Lipinski definition) is 2. The summed E-state index contributed by atoms with van der Waals surface area (Å²) in [6, 6.07) is -0.155. The molecule has 76 valence electrons. The molecule has 1 fully saturated rings. The zero-order valence-corrected chi connectivity index (χ0v) is 8.07. The molecule has 0 bridgehead atoms. The average Bonchev–Trinajstić information content (AvgIpc) is 2.46. The van der Waals surface area contributed by atoms with Crippen molar-refractivity contribution in [1.29, 1.82) is 0 Å². The Labute approximate surface area is 78.7 Å². The van der Waals surface area contributed by atoms with Crippen LogP contribution in [0.15, 0.2) is 0 Å². The SMILES string of the molecule is CCCC(C(=O)O)N1CC[C@H](N)C1. The van der Waals surface area contributed by atoms with Crippen molar-refractivity contribution in [2.45, 2.75) is 38.3 Å². The van der Waals surface area contributed by atoms with Gasteiger partial charge in [0.2, 0.25) is 0 Å². The van der Waals surface area contributed by atoms with Crippen molar-refractivity contribution < 1.29 is 9.90 Å². The molecule has 0 aromatic heterocycles. The number of carboxylic acid groups (broad SMARTS) is 1. The summed E-state index contributed by atoms with van der Waals surface area (Å²) in [4.78, 5) is 12.9. The summed E-state index contributed by atoms with van der Waals surface area (Å²) in [6.45, 7) is 3.57. The molecule has 1 heterocycles. The maximum absolute atomic E-state index is 10.9. The highest BCUT2D eigenvalue weighted by molar-refractivity contribution is 5.73. The van der Waals surface area contributed by atoms with E-state index in [1.165, 1.54) is 0 Å². The predicted molar refractivity (Wildman–Crippen MR) is 50.5 cm³/mol. The molecule has 2 atom stereocenters. The molecular formula is C9H18N2O2. The van der Waals surface area contributed by atoms with E-state index < -0.39 is 5.97 Å². The van der Waals surface area contributed by atoms with Gasteiger partial charge in [0.15, 0.2) is 0 Å². The van der Waals surface area contributed by atoms with Crippen molar-refractivity contribution in [3.05, 3.63) is 0 Å². The summed E-state index contributed by atoms with van der Waals surface area (Å²) < 4.78 is 0.